The Balaban J connectivity index is 1.78. The lowest BCUT2D eigenvalue weighted by molar-refractivity contribution is -0.137. The number of carbonyl (C=O) groups excluding carboxylic acids is 1. The number of carbonyl (C=O) groups is 1. The molecule has 164 valence electrons. The molecule has 5 nitrogen and oxygen atoms in total. The van der Waals surface area contributed by atoms with Crippen molar-refractivity contribution in [3.63, 3.8) is 0 Å². The number of hydrogen-bond donors (Lipinski definition) is 1. The van der Waals surface area contributed by atoms with Gasteiger partial charge in [0, 0.05) is 18.1 Å². The normalized spacial score (nSPS) is 16.0. The number of fused-ring (bicyclic) bond motifs is 1. The number of nitrogens with one attached hydrogen (secondary N) is 1. The number of benzene rings is 1. The lowest BCUT2D eigenvalue weighted by Crippen LogP contribution is -2.34. The first-order valence-corrected chi connectivity index (χ1v) is 10.4. The highest BCUT2D eigenvalue weighted by atomic mass is 19.4. The number of ether oxygens (including phenoxy) is 1. The van der Waals surface area contributed by atoms with Crippen molar-refractivity contribution in [1.29, 1.82) is 0 Å². The van der Waals surface area contributed by atoms with Crippen LogP contribution in [0.3, 0.4) is 0 Å². The van der Waals surface area contributed by atoms with E-state index in [0.29, 0.717) is 17.6 Å². The van der Waals surface area contributed by atoms with Crippen molar-refractivity contribution < 1.29 is 22.7 Å². The van der Waals surface area contributed by atoms with Gasteiger partial charge in [-0.3, -0.25) is 4.98 Å². The van der Waals surface area contributed by atoms with Crippen molar-refractivity contribution in [1.82, 2.24) is 9.88 Å². The van der Waals surface area contributed by atoms with Gasteiger partial charge in [-0.25, -0.2) is 4.79 Å². The first kappa shape index (κ1) is 22.3. The molecule has 0 aliphatic carbocycles. The van der Waals surface area contributed by atoms with E-state index in [1.54, 1.807) is 6.92 Å². The first-order valence-electron chi connectivity index (χ1n) is 10.4. The van der Waals surface area contributed by atoms with Crippen molar-refractivity contribution >= 4 is 22.6 Å². The topological polar surface area (TPSA) is 54.5 Å². The number of likely N-dealkylation sites (tertiary alicyclic amines) is 1. The van der Waals surface area contributed by atoms with Crippen LogP contribution in [0.25, 0.3) is 10.9 Å². The fraction of sp³-hybridized carbons (Fsp3) is 0.545. The van der Waals surface area contributed by atoms with Crippen LogP contribution in [0, 0.1) is 5.92 Å². The van der Waals surface area contributed by atoms with Crippen LogP contribution in [0.4, 0.5) is 18.9 Å². The van der Waals surface area contributed by atoms with Crippen LogP contribution < -0.4 is 5.32 Å². The Morgan fingerprint density at radius 1 is 1.30 bits per heavy atom. The number of aromatic nitrogens is 1. The van der Waals surface area contributed by atoms with Crippen LogP contribution in [-0.4, -0.2) is 48.6 Å². The minimum absolute atomic E-state index is 0.186. The number of piperidine rings is 1. The molecule has 0 saturated carbocycles. The zero-order valence-electron chi connectivity index (χ0n) is 17.4. The van der Waals surface area contributed by atoms with Gasteiger partial charge in [0.05, 0.1) is 23.4 Å². The molecule has 0 amide bonds. The molecule has 0 radical (unpaired) electrons. The zero-order valence-corrected chi connectivity index (χ0v) is 17.4. The second kappa shape index (κ2) is 9.64. The van der Waals surface area contributed by atoms with Crippen LogP contribution in [0.2, 0.25) is 0 Å². The average Bonchev–Trinajstić information content (AvgIpc) is 2.71. The second-order valence-electron chi connectivity index (χ2n) is 7.80. The number of rotatable bonds is 7. The van der Waals surface area contributed by atoms with E-state index in [9.17, 15) is 18.0 Å². The van der Waals surface area contributed by atoms with E-state index in [-0.39, 0.29) is 17.7 Å². The highest BCUT2D eigenvalue weighted by Crippen LogP contribution is 2.34. The van der Waals surface area contributed by atoms with Gasteiger partial charge in [-0.1, -0.05) is 13.0 Å². The van der Waals surface area contributed by atoms with Gasteiger partial charge in [0.2, 0.25) is 0 Å². The predicted octanol–water partition coefficient (Wildman–Crippen LogP) is 4.96. The molecule has 1 N–H and O–H groups in total. The average molecular weight is 423 g/mol. The SMILES string of the molecule is CCOC(=O)c1cnc2cc(C(F)(F)F)ccc2c1NCCCN1CCC(C)CC1. The van der Waals surface area contributed by atoms with Crippen LogP contribution >= 0.6 is 0 Å². The number of hydrogen-bond acceptors (Lipinski definition) is 5. The summed E-state index contributed by atoms with van der Waals surface area (Å²) in [7, 11) is 0. The first-order chi connectivity index (χ1) is 14.3. The van der Waals surface area contributed by atoms with Crippen molar-refractivity contribution in [2.45, 2.75) is 39.3 Å². The van der Waals surface area contributed by atoms with Crippen molar-refractivity contribution in [3.8, 4) is 0 Å². The molecule has 1 aliphatic heterocycles. The highest BCUT2D eigenvalue weighted by molar-refractivity contribution is 6.05. The Labute approximate surface area is 174 Å². The number of alkyl halides is 3. The van der Waals surface area contributed by atoms with Gasteiger partial charge < -0.3 is 15.0 Å². The third-order valence-electron chi connectivity index (χ3n) is 5.52. The smallest absolute Gasteiger partial charge is 0.416 e. The maximum Gasteiger partial charge on any atom is 0.416 e. The summed E-state index contributed by atoms with van der Waals surface area (Å²) in [4.78, 5) is 18.9. The molecule has 0 atom stereocenters. The zero-order chi connectivity index (χ0) is 21.7. The molecule has 2 aromatic rings. The third-order valence-corrected chi connectivity index (χ3v) is 5.52. The van der Waals surface area contributed by atoms with E-state index in [2.05, 4.69) is 22.1 Å². The molecular weight excluding hydrogens is 395 g/mol. The maximum atomic E-state index is 13.1. The van der Waals surface area contributed by atoms with E-state index >= 15 is 0 Å². The van der Waals surface area contributed by atoms with E-state index in [0.717, 1.165) is 44.1 Å². The molecule has 0 bridgehead atoms. The third kappa shape index (κ3) is 5.41. The Bertz CT molecular complexity index is 878. The lowest BCUT2D eigenvalue weighted by atomic mass is 9.99. The maximum absolute atomic E-state index is 13.1. The largest absolute Gasteiger partial charge is 0.462 e. The molecule has 3 rings (SSSR count). The summed E-state index contributed by atoms with van der Waals surface area (Å²) in [5, 5.41) is 3.73. The van der Waals surface area contributed by atoms with Crippen molar-refractivity contribution in [3.05, 3.63) is 35.5 Å². The van der Waals surface area contributed by atoms with Gasteiger partial charge >= 0.3 is 12.1 Å². The molecule has 2 heterocycles. The molecule has 0 spiro atoms. The number of anilines is 1. The molecule has 1 saturated heterocycles. The molecule has 1 aromatic heterocycles. The number of halogens is 3. The van der Waals surface area contributed by atoms with E-state index in [4.69, 9.17) is 4.74 Å². The van der Waals surface area contributed by atoms with E-state index in [1.165, 1.54) is 25.1 Å². The minimum Gasteiger partial charge on any atom is -0.462 e. The Hall–Kier alpha value is -2.35. The monoisotopic (exact) mass is 423 g/mol. The highest BCUT2D eigenvalue weighted by Gasteiger charge is 2.31. The fourth-order valence-electron chi connectivity index (χ4n) is 3.73. The molecular formula is C22H28F3N3O2. The number of nitrogens with zero attached hydrogens (tertiary/aromatic N) is 2. The van der Waals surface area contributed by atoms with Gasteiger partial charge in [-0.05, 0) is 63.9 Å². The van der Waals surface area contributed by atoms with E-state index in [1.807, 2.05) is 0 Å². The summed E-state index contributed by atoms with van der Waals surface area (Å²) in [6, 6.07) is 3.38. The molecule has 1 aromatic carbocycles. The van der Waals surface area contributed by atoms with Crippen LogP contribution in [0.15, 0.2) is 24.4 Å². The Kier molecular flexibility index (Phi) is 7.18. The minimum atomic E-state index is -4.45. The lowest BCUT2D eigenvalue weighted by Gasteiger charge is -2.30. The molecule has 1 aliphatic rings. The summed E-state index contributed by atoms with van der Waals surface area (Å²) in [5.74, 6) is 0.232. The quantitative estimate of drug-likeness (QED) is 0.504. The van der Waals surface area contributed by atoms with E-state index < -0.39 is 17.7 Å². The summed E-state index contributed by atoms with van der Waals surface area (Å²) in [6.45, 7) is 7.90. The van der Waals surface area contributed by atoms with Gasteiger partial charge in [0.1, 0.15) is 5.56 Å². The summed E-state index contributed by atoms with van der Waals surface area (Å²) in [6.07, 6.45) is 0.110. The summed E-state index contributed by atoms with van der Waals surface area (Å²) >= 11 is 0. The molecule has 1 fully saturated rings. The number of esters is 1. The standard InChI is InChI=1S/C22H28F3N3O2/c1-3-30-21(29)18-14-27-19-13-16(22(23,24)25)5-6-17(19)20(18)26-9-4-10-28-11-7-15(2)8-12-28/h5-6,13-15H,3-4,7-12H2,1-2H3,(H,26,27). The van der Waals surface area contributed by atoms with Gasteiger partial charge in [0.15, 0.2) is 0 Å². The summed E-state index contributed by atoms with van der Waals surface area (Å²) < 4.78 is 44.3. The van der Waals surface area contributed by atoms with Gasteiger partial charge in [-0.15, -0.1) is 0 Å². The van der Waals surface area contributed by atoms with Crippen molar-refractivity contribution in [2.24, 2.45) is 5.92 Å². The van der Waals surface area contributed by atoms with Gasteiger partial charge in [-0.2, -0.15) is 13.2 Å². The molecule has 0 unspecified atom stereocenters. The van der Waals surface area contributed by atoms with Crippen molar-refractivity contribution in [2.75, 3.05) is 38.1 Å². The predicted molar refractivity (Wildman–Crippen MR) is 111 cm³/mol. The molecule has 30 heavy (non-hydrogen) atoms. The number of pyridine rings is 1. The Morgan fingerprint density at radius 2 is 2.03 bits per heavy atom. The Morgan fingerprint density at radius 3 is 2.70 bits per heavy atom. The second-order valence-corrected chi connectivity index (χ2v) is 7.80. The fourth-order valence-corrected chi connectivity index (χ4v) is 3.73. The van der Waals surface area contributed by atoms with Gasteiger partial charge in [0.25, 0.3) is 0 Å². The molecule has 8 heteroatoms. The van der Waals surface area contributed by atoms with Crippen LogP contribution in [0.5, 0.6) is 0 Å². The van der Waals surface area contributed by atoms with Crippen LogP contribution in [-0.2, 0) is 10.9 Å². The van der Waals surface area contributed by atoms with Crippen LogP contribution in [0.1, 0.15) is 49.0 Å². The summed E-state index contributed by atoms with van der Waals surface area (Å²) in [5.41, 5.74) is 0.123.